The van der Waals surface area contributed by atoms with Gasteiger partial charge in [0, 0.05) is 47.7 Å². The van der Waals surface area contributed by atoms with E-state index in [1.807, 2.05) is 27.7 Å². The van der Waals surface area contributed by atoms with E-state index in [4.69, 9.17) is 0 Å². The van der Waals surface area contributed by atoms with Crippen LogP contribution in [0, 0.1) is 28.6 Å². The van der Waals surface area contributed by atoms with Gasteiger partial charge >= 0.3 is 7.82 Å². The first-order valence-electron chi connectivity index (χ1n) is 14.8. The fourth-order valence-electron chi connectivity index (χ4n) is 6.88. The van der Waals surface area contributed by atoms with E-state index in [9.17, 15) is 36.1 Å². The lowest BCUT2D eigenvalue weighted by Crippen LogP contribution is -2.43. The van der Waals surface area contributed by atoms with Gasteiger partial charge in [-0.25, -0.2) is 25.7 Å². The summed E-state index contributed by atoms with van der Waals surface area (Å²) in [6, 6.07) is 8.67. The summed E-state index contributed by atoms with van der Waals surface area (Å²) in [6.45, 7) is 9.46. The molecule has 0 amide bonds. The maximum Gasteiger partial charge on any atom is 0.491 e. The third-order valence-corrected chi connectivity index (χ3v) is 12.5. The summed E-state index contributed by atoms with van der Waals surface area (Å²) < 4.78 is 73.7. The number of nitroso groups, excluding NO2 is 1. The molecule has 5 rings (SSSR count). The Morgan fingerprint density at radius 2 is 1.33 bits per heavy atom. The standard InChI is InChI=1S/C29H39N4O9PS2/c1-18-9-19(2)14-32(13-18)44(38,39)17-22-5-7-24-26(11-22)29(31-42-43(35,36)37)27-12-23(6-8-25(27)28(24)30-34)45(40,41)33-15-20(3)10-21(4)16-33/h5-8,11-12,18-21,31H,9-10,13-17H2,1-4H3,(H2,35,36,37). The highest BCUT2D eigenvalue weighted by Gasteiger charge is 2.33. The second kappa shape index (κ2) is 12.6. The molecule has 2 aliphatic rings. The predicted molar refractivity (Wildman–Crippen MR) is 173 cm³/mol. The fraction of sp³-hybridized carbons (Fsp3) is 0.517. The number of piperidine rings is 2. The predicted octanol–water partition coefficient (Wildman–Crippen LogP) is 5.30. The van der Waals surface area contributed by atoms with Crippen molar-refractivity contribution in [2.24, 2.45) is 28.8 Å². The van der Waals surface area contributed by atoms with Crippen LogP contribution in [0.4, 0.5) is 11.4 Å². The van der Waals surface area contributed by atoms with E-state index >= 15 is 0 Å². The lowest BCUT2D eigenvalue weighted by atomic mass is 9.93. The Hall–Kier alpha value is -2.49. The van der Waals surface area contributed by atoms with Crippen molar-refractivity contribution in [3.63, 3.8) is 0 Å². The van der Waals surface area contributed by atoms with E-state index in [-0.39, 0.29) is 67.2 Å². The van der Waals surface area contributed by atoms with E-state index in [1.54, 1.807) is 6.07 Å². The van der Waals surface area contributed by atoms with Crippen molar-refractivity contribution in [3.8, 4) is 0 Å². The molecule has 16 heteroatoms. The van der Waals surface area contributed by atoms with Crippen LogP contribution in [-0.4, -0.2) is 61.4 Å². The minimum absolute atomic E-state index is 0.0426. The SMILES string of the molecule is CC1CC(C)CN(S(=O)(=O)Cc2ccc3c(N=O)c4ccc(S(=O)(=O)N5CC(C)CC(C)C5)cc4c(NOP(=O)(O)O)c3c2)C1. The number of anilines is 1. The van der Waals surface area contributed by atoms with Gasteiger partial charge in [0.2, 0.25) is 20.0 Å². The molecule has 0 aliphatic carbocycles. The molecule has 2 aliphatic heterocycles. The van der Waals surface area contributed by atoms with Gasteiger partial charge < -0.3 is 9.79 Å². The van der Waals surface area contributed by atoms with E-state index in [2.05, 4.69) is 15.3 Å². The van der Waals surface area contributed by atoms with Crippen molar-refractivity contribution in [2.45, 2.75) is 51.2 Å². The number of nitrogens with one attached hydrogen (secondary N) is 1. The quantitative estimate of drug-likeness (QED) is 0.116. The summed E-state index contributed by atoms with van der Waals surface area (Å²) in [4.78, 5) is 31.1. The molecule has 4 atom stereocenters. The van der Waals surface area contributed by atoms with Crippen LogP contribution in [0.2, 0.25) is 0 Å². The third kappa shape index (κ3) is 7.25. The second-order valence-electron chi connectivity index (χ2n) is 12.9. The zero-order chi connectivity index (χ0) is 32.9. The number of hydrogen-bond acceptors (Lipinski definition) is 9. The van der Waals surface area contributed by atoms with E-state index in [1.165, 1.54) is 38.9 Å². The number of sulfonamides is 2. The van der Waals surface area contributed by atoms with Gasteiger partial charge in [-0.3, -0.25) is 5.48 Å². The molecular formula is C29H39N4O9PS2. The van der Waals surface area contributed by atoms with Gasteiger partial charge in [-0.05, 0) is 65.5 Å². The maximum absolute atomic E-state index is 13.8. The molecule has 3 N–H and O–H groups in total. The average molecular weight is 683 g/mol. The molecule has 3 aromatic carbocycles. The first-order valence-corrected chi connectivity index (χ1v) is 19.4. The van der Waals surface area contributed by atoms with Gasteiger partial charge in [-0.15, -0.1) is 4.91 Å². The summed E-state index contributed by atoms with van der Waals surface area (Å²) in [7, 11) is -12.8. The largest absolute Gasteiger partial charge is 0.491 e. The smallest absolute Gasteiger partial charge is 0.301 e. The highest BCUT2D eigenvalue weighted by atomic mass is 32.2. The topological polar surface area (TPSA) is 183 Å². The zero-order valence-electron chi connectivity index (χ0n) is 25.6. The number of benzene rings is 3. The van der Waals surface area contributed by atoms with Crippen molar-refractivity contribution in [3.05, 3.63) is 46.9 Å². The average Bonchev–Trinajstić information content (AvgIpc) is 2.93. The van der Waals surface area contributed by atoms with Crippen LogP contribution in [0.25, 0.3) is 21.5 Å². The Morgan fingerprint density at radius 1 is 0.822 bits per heavy atom. The van der Waals surface area contributed by atoms with Gasteiger partial charge in [0.1, 0.15) is 5.69 Å². The van der Waals surface area contributed by atoms with Gasteiger partial charge in [-0.1, -0.05) is 45.9 Å². The molecule has 2 heterocycles. The van der Waals surface area contributed by atoms with Crippen molar-refractivity contribution in [1.82, 2.24) is 8.61 Å². The Morgan fingerprint density at radius 3 is 1.87 bits per heavy atom. The van der Waals surface area contributed by atoms with Crippen LogP contribution in [0.1, 0.15) is 46.1 Å². The zero-order valence-corrected chi connectivity index (χ0v) is 28.1. The van der Waals surface area contributed by atoms with Gasteiger partial charge in [0.25, 0.3) is 0 Å². The maximum atomic E-state index is 13.8. The molecule has 0 bridgehead atoms. The highest BCUT2D eigenvalue weighted by molar-refractivity contribution is 7.89. The van der Waals surface area contributed by atoms with Crippen molar-refractivity contribution < 1.29 is 35.8 Å². The minimum atomic E-state index is -5.09. The van der Waals surface area contributed by atoms with E-state index in [0.29, 0.717) is 31.7 Å². The van der Waals surface area contributed by atoms with Gasteiger partial charge in [0.15, 0.2) is 0 Å². The normalized spacial score (nSPS) is 24.2. The fourth-order valence-corrected chi connectivity index (χ4v) is 10.5. The molecule has 3 aromatic rings. The van der Waals surface area contributed by atoms with E-state index < -0.39 is 27.9 Å². The molecule has 45 heavy (non-hydrogen) atoms. The molecule has 13 nitrogen and oxygen atoms in total. The van der Waals surface area contributed by atoms with Crippen molar-refractivity contribution in [2.75, 3.05) is 31.7 Å². The van der Waals surface area contributed by atoms with Crippen LogP contribution in [0.3, 0.4) is 0 Å². The summed E-state index contributed by atoms with van der Waals surface area (Å²) in [5.41, 5.74) is 2.54. The number of fused-ring (bicyclic) bond motifs is 2. The number of rotatable bonds is 9. The molecule has 0 radical (unpaired) electrons. The monoisotopic (exact) mass is 682 g/mol. The van der Waals surface area contributed by atoms with Crippen LogP contribution in [0.5, 0.6) is 0 Å². The molecule has 2 fully saturated rings. The summed E-state index contributed by atoms with van der Waals surface area (Å²) in [5, 5.41) is 3.96. The minimum Gasteiger partial charge on any atom is -0.301 e. The van der Waals surface area contributed by atoms with Gasteiger partial charge in [0.05, 0.1) is 16.3 Å². The van der Waals surface area contributed by atoms with Crippen molar-refractivity contribution >= 4 is 60.8 Å². The molecule has 0 spiro atoms. The number of hydrogen-bond donors (Lipinski definition) is 3. The van der Waals surface area contributed by atoms with Crippen LogP contribution >= 0.6 is 7.82 Å². The highest BCUT2D eigenvalue weighted by Crippen LogP contribution is 2.45. The van der Waals surface area contributed by atoms with Gasteiger partial charge in [-0.2, -0.15) is 8.93 Å². The third-order valence-electron chi connectivity index (χ3n) is 8.53. The molecule has 2 saturated heterocycles. The second-order valence-corrected chi connectivity index (χ2v) is 17.9. The van der Waals surface area contributed by atoms with Crippen LogP contribution in [0.15, 0.2) is 46.5 Å². The van der Waals surface area contributed by atoms with Crippen LogP contribution < -0.4 is 5.48 Å². The molecule has 4 unspecified atom stereocenters. The molecular weight excluding hydrogens is 643 g/mol. The first-order chi connectivity index (χ1) is 21.0. The first kappa shape index (κ1) is 33.9. The summed E-state index contributed by atoms with van der Waals surface area (Å²) in [6.07, 6.45) is 1.82. The summed E-state index contributed by atoms with van der Waals surface area (Å²) in [5.74, 6) is 0.353. The molecule has 0 saturated carbocycles. The number of phosphoric acid groups is 1. The van der Waals surface area contributed by atoms with Crippen molar-refractivity contribution in [1.29, 1.82) is 0 Å². The molecule has 246 valence electrons. The van der Waals surface area contributed by atoms with Crippen LogP contribution in [-0.2, 0) is 35.0 Å². The Bertz CT molecular complexity index is 1880. The van der Waals surface area contributed by atoms with E-state index in [0.717, 1.165) is 12.8 Å². The lowest BCUT2D eigenvalue weighted by Gasteiger charge is -2.34. The summed E-state index contributed by atoms with van der Waals surface area (Å²) >= 11 is 0. The Labute approximate surface area is 263 Å². The number of nitrogens with zero attached hydrogens (tertiary/aromatic N) is 3. The Balaban J connectivity index is 1.66. The lowest BCUT2D eigenvalue weighted by molar-refractivity contribution is 0.222. The Kier molecular flexibility index (Phi) is 9.49. The molecule has 0 aromatic heterocycles.